The van der Waals surface area contributed by atoms with Crippen LogP contribution in [0.5, 0.6) is 5.75 Å². The summed E-state index contributed by atoms with van der Waals surface area (Å²) < 4.78 is 53.2. The van der Waals surface area contributed by atoms with Crippen LogP contribution in [0.3, 0.4) is 0 Å². The number of phenols is 1. The molecule has 3 aromatic rings. The van der Waals surface area contributed by atoms with Crippen molar-refractivity contribution in [2.45, 2.75) is 26.9 Å². The molecule has 0 saturated heterocycles. The maximum absolute atomic E-state index is 13.3. The molecule has 2 aromatic carbocycles. The lowest BCUT2D eigenvalue weighted by atomic mass is 10.0. The number of aromatic nitrogens is 1. The van der Waals surface area contributed by atoms with Crippen LogP contribution in [0.4, 0.5) is 10.1 Å². The van der Waals surface area contributed by atoms with E-state index in [1.54, 1.807) is 31.2 Å². The van der Waals surface area contributed by atoms with E-state index in [0.29, 0.717) is 5.56 Å². The number of amides is 1. The smallest absolute Gasteiger partial charge is 0.258 e. The first-order valence-corrected chi connectivity index (χ1v) is 13.2. The first-order valence-electron chi connectivity index (χ1n) is 10.3. The van der Waals surface area contributed by atoms with E-state index in [0.717, 1.165) is 3.71 Å². The Kier molecular flexibility index (Phi) is 6.10. The second-order valence-corrected chi connectivity index (χ2v) is 11.4. The number of sulfonamides is 1. The van der Waals surface area contributed by atoms with Crippen molar-refractivity contribution < 1.29 is 26.9 Å². The molecule has 0 bridgehead atoms. The molecule has 1 amide bonds. The van der Waals surface area contributed by atoms with Crippen LogP contribution in [0.2, 0.25) is 0 Å². The van der Waals surface area contributed by atoms with Gasteiger partial charge in [0, 0.05) is 36.0 Å². The Hall–Kier alpha value is -3.05. The van der Waals surface area contributed by atoms with Crippen molar-refractivity contribution in [1.82, 2.24) is 9.88 Å². The van der Waals surface area contributed by atoms with E-state index < -0.39 is 32.7 Å². The van der Waals surface area contributed by atoms with Gasteiger partial charge in [0.1, 0.15) is 22.3 Å². The minimum Gasteiger partial charge on any atom is -0.505 e. The molecule has 4 rings (SSSR count). The fourth-order valence-corrected chi connectivity index (χ4v) is 6.89. The van der Waals surface area contributed by atoms with E-state index in [-0.39, 0.29) is 58.1 Å². The van der Waals surface area contributed by atoms with Crippen molar-refractivity contribution in [2.75, 3.05) is 15.2 Å². The summed E-state index contributed by atoms with van der Waals surface area (Å²) in [5.74, 6) is -1.55. The van der Waals surface area contributed by atoms with Crippen LogP contribution < -0.4 is 3.71 Å². The molecule has 2 heterocycles. The number of hydrogen-bond donors (Lipinski definition) is 1. The molecular formula is C22H22FN3O5S2. The van der Waals surface area contributed by atoms with Gasteiger partial charge in [0.25, 0.3) is 5.91 Å². The minimum absolute atomic E-state index is 0.0179. The Labute approximate surface area is 193 Å². The van der Waals surface area contributed by atoms with E-state index in [4.69, 9.17) is 0 Å². The van der Waals surface area contributed by atoms with Crippen LogP contribution in [0, 0.1) is 5.82 Å². The van der Waals surface area contributed by atoms with Gasteiger partial charge in [-0.1, -0.05) is 19.1 Å². The Morgan fingerprint density at radius 3 is 2.55 bits per heavy atom. The number of nitrogens with zero attached hydrogens (tertiary/aromatic N) is 3. The number of halogens is 1. The number of carbonyl (C=O) groups excluding carboxylic acids is 1. The lowest BCUT2D eigenvalue weighted by Crippen LogP contribution is -2.36. The maximum atomic E-state index is 13.3. The summed E-state index contributed by atoms with van der Waals surface area (Å²) in [4.78, 5) is 18.9. The van der Waals surface area contributed by atoms with Crippen LogP contribution in [-0.4, -0.2) is 45.0 Å². The van der Waals surface area contributed by atoms with Crippen LogP contribution in [0.1, 0.15) is 35.3 Å². The summed E-state index contributed by atoms with van der Waals surface area (Å²) in [6.07, 6.45) is 1.42. The average Bonchev–Trinajstić information content (AvgIpc) is 3.13. The summed E-state index contributed by atoms with van der Waals surface area (Å²) in [5.41, 5.74) is 0.994. The zero-order valence-electron chi connectivity index (χ0n) is 18.0. The summed E-state index contributed by atoms with van der Waals surface area (Å²) in [5, 5.41) is 11.2. The number of carbonyl (C=O) groups is 1. The van der Waals surface area contributed by atoms with Crippen LogP contribution in [-0.2, 0) is 34.1 Å². The van der Waals surface area contributed by atoms with Gasteiger partial charge in [0.05, 0.1) is 17.0 Å². The van der Waals surface area contributed by atoms with Crippen molar-refractivity contribution in [2.24, 2.45) is 0 Å². The number of pyridine rings is 1. The lowest BCUT2D eigenvalue weighted by Gasteiger charge is -2.25. The summed E-state index contributed by atoms with van der Waals surface area (Å²) >= 11 is 0. The number of fused-ring (bicyclic) bond motifs is 2. The molecule has 33 heavy (non-hydrogen) atoms. The second kappa shape index (κ2) is 8.71. The number of benzene rings is 2. The average molecular weight is 492 g/mol. The molecule has 1 aromatic heterocycles. The van der Waals surface area contributed by atoms with Crippen molar-refractivity contribution in [3.63, 3.8) is 0 Å². The zero-order valence-corrected chi connectivity index (χ0v) is 19.6. The molecule has 1 aliphatic rings. The monoisotopic (exact) mass is 491 g/mol. The fourth-order valence-electron chi connectivity index (χ4n) is 3.88. The molecule has 1 unspecified atom stereocenters. The predicted molar refractivity (Wildman–Crippen MR) is 124 cm³/mol. The van der Waals surface area contributed by atoms with E-state index in [9.17, 15) is 26.9 Å². The molecular weight excluding hydrogens is 469 g/mol. The highest BCUT2D eigenvalue weighted by Crippen LogP contribution is 2.45. The van der Waals surface area contributed by atoms with Crippen LogP contribution >= 0.6 is 0 Å². The topological polar surface area (TPSA) is 108 Å². The Bertz CT molecular complexity index is 1380. The van der Waals surface area contributed by atoms with Gasteiger partial charge in [0.2, 0.25) is 10.0 Å². The molecule has 8 nitrogen and oxygen atoms in total. The van der Waals surface area contributed by atoms with Crippen molar-refractivity contribution in [3.05, 3.63) is 65.1 Å². The molecule has 1 N–H and O–H groups in total. The number of phenolic OH excluding ortho intramolecular Hbond substituents is 1. The van der Waals surface area contributed by atoms with Gasteiger partial charge < -0.3 is 10.0 Å². The normalized spacial score (nSPS) is 14.5. The van der Waals surface area contributed by atoms with Gasteiger partial charge in [-0.2, -0.15) is 3.71 Å². The molecule has 1 aliphatic heterocycles. The highest BCUT2D eigenvalue weighted by molar-refractivity contribution is 8.07. The van der Waals surface area contributed by atoms with E-state index in [1.165, 1.54) is 30.2 Å². The molecule has 0 saturated carbocycles. The summed E-state index contributed by atoms with van der Waals surface area (Å²) in [6, 6.07) is 8.81. The third-order valence-corrected chi connectivity index (χ3v) is 9.12. The SMILES string of the molecule is CCS(=O)N(c1c2c(c(O)c3ncccc13)C(=O)N(Cc1ccc(F)cc1)C2)S(=O)(=O)CC. The number of hydrogen-bond acceptors (Lipinski definition) is 6. The molecule has 11 heteroatoms. The van der Waals surface area contributed by atoms with Gasteiger partial charge in [0.15, 0.2) is 5.75 Å². The van der Waals surface area contributed by atoms with E-state index in [2.05, 4.69) is 4.98 Å². The quantitative estimate of drug-likeness (QED) is 0.544. The Morgan fingerprint density at radius 2 is 1.91 bits per heavy atom. The van der Waals surface area contributed by atoms with Gasteiger partial charge in [-0.05, 0) is 36.8 Å². The highest BCUT2D eigenvalue weighted by Gasteiger charge is 2.39. The van der Waals surface area contributed by atoms with E-state index >= 15 is 0 Å². The largest absolute Gasteiger partial charge is 0.505 e. The Morgan fingerprint density at radius 1 is 1.21 bits per heavy atom. The summed E-state index contributed by atoms with van der Waals surface area (Å²) in [6.45, 7) is 3.15. The Balaban J connectivity index is 1.95. The van der Waals surface area contributed by atoms with Gasteiger partial charge in [-0.25, -0.2) is 17.0 Å². The van der Waals surface area contributed by atoms with Crippen molar-refractivity contribution >= 4 is 43.5 Å². The van der Waals surface area contributed by atoms with Gasteiger partial charge in [-0.15, -0.1) is 0 Å². The molecule has 1 atom stereocenters. The maximum Gasteiger partial charge on any atom is 0.258 e. The molecule has 174 valence electrons. The predicted octanol–water partition coefficient (Wildman–Crippen LogP) is 3.08. The third-order valence-electron chi connectivity index (χ3n) is 5.48. The summed E-state index contributed by atoms with van der Waals surface area (Å²) in [7, 11) is -5.94. The number of anilines is 1. The molecule has 0 aliphatic carbocycles. The lowest BCUT2D eigenvalue weighted by molar-refractivity contribution is 0.0764. The van der Waals surface area contributed by atoms with Gasteiger partial charge >= 0.3 is 0 Å². The first kappa shape index (κ1) is 23.1. The van der Waals surface area contributed by atoms with Crippen LogP contribution in [0.25, 0.3) is 10.9 Å². The molecule has 0 radical (unpaired) electrons. The fraction of sp³-hybridized carbons (Fsp3) is 0.273. The number of rotatable bonds is 7. The van der Waals surface area contributed by atoms with E-state index in [1.807, 2.05) is 0 Å². The van der Waals surface area contributed by atoms with Crippen molar-refractivity contribution in [3.8, 4) is 5.75 Å². The third kappa shape index (κ3) is 3.95. The zero-order chi connectivity index (χ0) is 23.9. The molecule has 0 spiro atoms. The molecule has 0 fully saturated rings. The van der Waals surface area contributed by atoms with Crippen molar-refractivity contribution in [1.29, 1.82) is 0 Å². The first-order chi connectivity index (χ1) is 15.7. The van der Waals surface area contributed by atoms with Gasteiger partial charge in [-0.3, -0.25) is 9.78 Å². The highest BCUT2D eigenvalue weighted by atomic mass is 32.3. The standard InChI is InChI=1S/C22H22FN3O5S2/c1-3-32(29)26(33(30,31)4-2)20-16-6-5-11-24-19(16)21(27)18-17(20)13-25(22(18)28)12-14-7-9-15(23)10-8-14/h5-11,27H,3-4,12-13H2,1-2H3. The second-order valence-electron chi connectivity index (χ2n) is 7.48. The number of aromatic hydroxyl groups is 1. The minimum atomic E-state index is -4.00. The van der Waals surface area contributed by atoms with Crippen LogP contribution in [0.15, 0.2) is 42.6 Å².